The van der Waals surface area contributed by atoms with Crippen LogP contribution in [0.2, 0.25) is 0 Å². The van der Waals surface area contributed by atoms with Crippen LogP contribution in [0.1, 0.15) is 50.2 Å². The van der Waals surface area contributed by atoms with Crippen molar-refractivity contribution >= 4 is 11.9 Å². The number of guanidine groups is 1. The number of hydrogen-bond donors (Lipinski definition) is 1. The first-order valence-corrected chi connectivity index (χ1v) is 11.3. The van der Waals surface area contributed by atoms with Crippen LogP contribution in [0, 0.1) is 5.95 Å². The lowest BCUT2D eigenvalue weighted by molar-refractivity contribution is -0.129. The molecule has 3 aromatic rings. The van der Waals surface area contributed by atoms with Gasteiger partial charge < -0.3 is 5.73 Å². The van der Waals surface area contributed by atoms with E-state index in [9.17, 15) is 9.18 Å². The number of aryl methyl sites for hydroxylation is 2. The minimum Gasteiger partial charge on any atom is -0.369 e. The third-order valence-electron chi connectivity index (χ3n) is 5.66. The molecule has 172 valence electrons. The molecule has 1 aliphatic heterocycles. The first-order valence-electron chi connectivity index (χ1n) is 11.3. The lowest BCUT2D eigenvalue weighted by atomic mass is 9.81. The Bertz CT molecular complexity index is 1170. The number of rotatable bonds is 5. The van der Waals surface area contributed by atoms with Gasteiger partial charge in [0.1, 0.15) is 0 Å². The molecule has 33 heavy (non-hydrogen) atoms. The van der Waals surface area contributed by atoms with Crippen LogP contribution in [0.4, 0.5) is 4.39 Å². The van der Waals surface area contributed by atoms with Crippen molar-refractivity contribution in [1.29, 1.82) is 0 Å². The highest BCUT2D eigenvalue weighted by Gasteiger charge is 2.50. The third kappa shape index (κ3) is 4.23. The summed E-state index contributed by atoms with van der Waals surface area (Å²) >= 11 is 0. The number of benzene rings is 1. The van der Waals surface area contributed by atoms with Crippen LogP contribution in [0.15, 0.2) is 59.7 Å². The molecule has 1 aliphatic rings. The van der Waals surface area contributed by atoms with E-state index in [0.717, 1.165) is 24.2 Å². The number of pyridine rings is 2. The molecule has 0 saturated carbocycles. The Morgan fingerprint density at radius 3 is 2.21 bits per heavy atom. The zero-order chi connectivity index (χ0) is 24.2. The number of nitrogens with two attached hydrogens (primary N) is 1. The molecule has 0 fully saturated rings. The monoisotopic (exact) mass is 447 g/mol. The zero-order valence-corrected chi connectivity index (χ0v) is 19.8. The Labute approximate surface area is 194 Å². The molecule has 1 atom stereocenters. The third-order valence-corrected chi connectivity index (χ3v) is 5.66. The summed E-state index contributed by atoms with van der Waals surface area (Å²) in [6, 6.07) is 14.3. The maximum absolute atomic E-state index is 14.4. The van der Waals surface area contributed by atoms with Crippen molar-refractivity contribution in [3.05, 3.63) is 83.2 Å². The minimum absolute atomic E-state index is 0.135. The summed E-state index contributed by atoms with van der Waals surface area (Å²) in [4.78, 5) is 28.0. The summed E-state index contributed by atoms with van der Waals surface area (Å²) in [5.41, 5.74) is 8.78. The second kappa shape index (κ2) is 9.90. The molecule has 6 nitrogen and oxygen atoms in total. The molecule has 4 rings (SSSR count). The molecule has 0 bridgehead atoms. The smallest absolute Gasteiger partial charge is 0.266 e. The number of aliphatic imine (C=N–C) groups is 1. The van der Waals surface area contributed by atoms with E-state index in [-0.39, 0.29) is 11.9 Å². The van der Waals surface area contributed by atoms with Gasteiger partial charge in [-0.15, -0.1) is 0 Å². The van der Waals surface area contributed by atoms with Crippen molar-refractivity contribution < 1.29 is 9.18 Å². The van der Waals surface area contributed by atoms with Gasteiger partial charge in [-0.2, -0.15) is 4.39 Å². The molecule has 7 heteroatoms. The number of carbonyl (C=O) groups is 1. The van der Waals surface area contributed by atoms with Gasteiger partial charge in [0.05, 0.1) is 0 Å². The van der Waals surface area contributed by atoms with Crippen molar-refractivity contribution in [2.24, 2.45) is 10.7 Å². The standard InChI is InChI=1S/C24H24FN5O.C2H6/c1-4-18-13-17(14-19(5-2)28-18)24(22(31)30(3)23(26)29-24)16-9-6-8-15(12-16)20-10-7-11-27-21(20)25;1-2/h6-14H,4-5H2,1-3H3,(H2,26,29);1-2H3. The van der Waals surface area contributed by atoms with E-state index in [0.29, 0.717) is 22.3 Å². The number of amides is 1. The second-order valence-corrected chi connectivity index (χ2v) is 7.51. The molecule has 0 saturated heterocycles. The fourth-order valence-corrected chi connectivity index (χ4v) is 3.92. The first kappa shape index (κ1) is 24.0. The molecule has 0 radical (unpaired) electrons. The van der Waals surface area contributed by atoms with Gasteiger partial charge >= 0.3 is 0 Å². The molecule has 2 N–H and O–H groups in total. The van der Waals surface area contributed by atoms with Gasteiger partial charge in [0.25, 0.3) is 5.91 Å². The number of hydrogen-bond acceptors (Lipinski definition) is 5. The molecule has 1 amide bonds. The SMILES string of the molecule is CC.CCc1cc(C2(c3cccc(-c4cccnc4F)c3)N=C(N)N(C)C2=O)cc(CC)n1. The van der Waals surface area contributed by atoms with Gasteiger partial charge in [-0.25, -0.2) is 9.98 Å². The highest BCUT2D eigenvalue weighted by atomic mass is 19.1. The molecule has 1 aromatic carbocycles. The van der Waals surface area contributed by atoms with Gasteiger partial charge in [-0.1, -0.05) is 45.9 Å². The van der Waals surface area contributed by atoms with Crippen LogP contribution in [0.5, 0.6) is 0 Å². The van der Waals surface area contributed by atoms with E-state index >= 15 is 0 Å². The zero-order valence-electron chi connectivity index (χ0n) is 19.8. The average molecular weight is 448 g/mol. The molecule has 3 heterocycles. The minimum atomic E-state index is -1.36. The lowest BCUT2D eigenvalue weighted by Gasteiger charge is -2.27. The molecular weight excluding hydrogens is 417 g/mol. The van der Waals surface area contributed by atoms with E-state index in [1.54, 1.807) is 37.4 Å². The van der Waals surface area contributed by atoms with E-state index in [2.05, 4.69) is 15.0 Å². The Balaban J connectivity index is 0.00000149. The van der Waals surface area contributed by atoms with Crippen LogP contribution in [-0.2, 0) is 23.2 Å². The number of halogens is 1. The highest BCUT2D eigenvalue weighted by molar-refractivity contribution is 6.09. The molecule has 1 unspecified atom stereocenters. The summed E-state index contributed by atoms with van der Waals surface area (Å²) in [5.74, 6) is -0.697. The van der Waals surface area contributed by atoms with Crippen LogP contribution in [0.25, 0.3) is 11.1 Å². The molecule has 0 spiro atoms. The van der Waals surface area contributed by atoms with Crippen molar-refractivity contribution in [3.63, 3.8) is 0 Å². The maximum atomic E-state index is 14.4. The van der Waals surface area contributed by atoms with E-state index in [1.165, 1.54) is 11.1 Å². The Kier molecular flexibility index (Phi) is 7.21. The fourth-order valence-electron chi connectivity index (χ4n) is 3.92. The van der Waals surface area contributed by atoms with E-state index in [4.69, 9.17) is 5.73 Å². The van der Waals surface area contributed by atoms with Crippen LogP contribution in [-0.4, -0.2) is 33.8 Å². The van der Waals surface area contributed by atoms with Gasteiger partial charge in [-0.05, 0) is 59.9 Å². The van der Waals surface area contributed by atoms with E-state index < -0.39 is 11.5 Å². The predicted octanol–water partition coefficient (Wildman–Crippen LogP) is 4.46. The summed E-state index contributed by atoms with van der Waals surface area (Å²) in [7, 11) is 1.61. The summed E-state index contributed by atoms with van der Waals surface area (Å²) < 4.78 is 14.4. The molecular formula is C26H30FN5O. The van der Waals surface area contributed by atoms with Crippen LogP contribution < -0.4 is 5.73 Å². The number of aromatic nitrogens is 2. The predicted molar refractivity (Wildman–Crippen MR) is 129 cm³/mol. The van der Waals surface area contributed by atoms with Crippen molar-refractivity contribution in [2.75, 3.05) is 7.05 Å². The Morgan fingerprint density at radius 2 is 1.67 bits per heavy atom. The summed E-state index contributed by atoms with van der Waals surface area (Å²) in [5, 5.41) is 0. The fraction of sp³-hybridized carbons (Fsp3) is 0.308. The van der Waals surface area contributed by atoms with Crippen LogP contribution >= 0.6 is 0 Å². The lowest BCUT2D eigenvalue weighted by Crippen LogP contribution is -2.41. The van der Waals surface area contributed by atoms with Gasteiger partial charge in [0.15, 0.2) is 11.5 Å². The molecule has 0 aliphatic carbocycles. The summed E-state index contributed by atoms with van der Waals surface area (Å²) in [6.07, 6.45) is 2.85. The van der Waals surface area contributed by atoms with Gasteiger partial charge in [0.2, 0.25) is 5.95 Å². The van der Waals surface area contributed by atoms with Crippen molar-refractivity contribution in [1.82, 2.24) is 14.9 Å². The Hall–Kier alpha value is -3.61. The highest BCUT2D eigenvalue weighted by Crippen LogP contribution is 2.41. The largest absolute Gasteiger partial charge is 0.369 e. The van der Waals surface area contributed by atoms with Gasteiger partial charge in [-0.3, -0.25) is 14.7 Å². The van der Waals surface area contributed by atoms with Gasteiger partial charge in [0, 0.05) is 30.2 Å². The Morgan fingerprint density at radius 1 is 1.00 bits per heavy atom. The summed E-state index contributed by atoms with van der Waals surface area (Å²) in [6.45, 7) is 8.04. The van der Waals surface area contributed by atoms with Crippen molar-refractivity contribution in [2.45, 2.75) is 46.1 Å². The normalized spacial score (nSPS) is 17.5. The quantitative estimate of drug-likeness (QED) is 0.585. The number of likely N-dealkylation sites (N-methyl/N-ethyl adjacent to an activating group) is 1. The second-order valence-electron chi connectivity index (χ2n) is 7.51. The number of carbonyl (C=O) groups excluding carboxylic acids is 1. The maximum Gasteiger partial charge on any atom is 0.266 e. The van der Waals surface area contributed by atoms with E-state index in [1.807, 2.05) is 45.9 Å². The average Bonchev–Trinajstić information content (AvgIpc) is 3.10. The number of nitrogens with zero attached hydrogens (tertiary/aromatic N) is 4. The first-order chi connectivity index (χ1) is 15.9. The van der Waals surface area contributed by atoms with Crippen LogP contribution in [0.3, 0.4) is 0 Å². The van der Waals surface area contributed by atoms with Crippen molar-refractivity contribution in [3.8, 4) is 11.1 Å². The molecule has 2 aromatic heterocycles. The topological polar surface area (TPSA) is 84.5 Å².